The number of nitrogens with zero attached hydrogens (tertiary/aromatic N) is 4. The Balaban J connectivity index is 1.57. The molecule has 0 spiro atoms. The average Bonchev–Trinajstić information content (AvgIpc) is 2.64. The maximum atomic E-state index is 8.85. The number of anilines is 2. The third-order valence-electron chi connectivity index (χ3n) is 4.20. The Morgan fingerprint density at radius 2 is 2.00 bits per heavy atom. The van der Waals surface area contributed by atoms with E-state index in [1.165, 1.54) is 0 Å². The van der Waals surface area contributed by atoms with Gasteiger partial charge < -0.3 is 15.1 Å². The number of piperazine rings is 1. The second kappa shape index (κ2) is 7.68. The molecular formula is C18H18ClN5S. The summed E-state index contributed by atoms with van der Waals surface area (Å²) in [5.41, 5.74) is 2.62. The summed E-state index contributed by atoms with van der Waals surface area (Å²) in [6.45, 7) is 5.31. The third kappa shape index (κ3) is 4.19. The number of nitriles is 1. The molecule has 1 aliphatic heterocycles. The number of aromatic nitrogens is 1. The highest BCUT2D eigenvalue weighted by atomic mass is 35.5. The van der Waals surface area contributed by atoms with E-state index in [4.69, 9.17) is 29.1 Å². The van der Waals surface area contributed by atoms with Gasteiger partial charge in [-0.25, -0.2) is 4.98 Å². The summed E-state index contributed by atoms with van der Waals surface area (Å²) in [6, 6.07) is 11.5. The summed E-state index contributed by atoms with van der Waals surface area (Å²) in [4.78, 5) is 8.71. The maximum Gasteiger partial charge on any atom is 0.173 e. The smallest absolute Gasteiger partial charge is 0.173 e. The fourth-order valence-corrected chi connectivity index (χ4v) is 3.26. The van der Waals surface area contributed by atoms with Gasteiger partial charge in [-0.15, -0.1) is 0 Å². The molecule has 0 radical (unpaired) electrons. The topological polar surface area (TPSA) is 55.2 Å². The van der Waals surface area contributed by atoms with Gasteiger partial charge in [0.05, 0.1) is 5.56 Å². The van der Waals surface area contributed by atoms with E-state index >= 15 is 0 Å². The highest BCUT2D eigenvalue weighted by molar-refractivity contribution is 7.80. The van der Waals surface area contributed by atoms with Gasteiger partial charge in [-0.3, -0.25) is 0 Å². The average molecular weight is 372 g/mol. The molecular weight excluding hydrogens is 354 g/mol. The van der Waals surface area contributed by atoms with E-state index in [0.717, 1.165) is 53.4 Å². The summed E-state index contributed by atoms with van der Waals surface area (Å²) in [5, 5.41) is 13.6. The van der Waals surface area contributed by atoms with Crippen molar-refractivity contribution < 1.29 is 0 Å². The number of hydrogen-bond acceptors (Lipinski definition) is 4. The number of benzene rings is 1. The van der Waals surface area contributed by atoms with Crippen molar-refractivity contribution in [2.45, 2.75) is 6.92 Å². The minimum absolute atomic E-state index is 0.575. The van der Waals surface area contributed by atoms with Crippen LogP contribution in [0.2, 0.25) is 5.02 Å². The van der Waals surface area contributed by atoms with E-state index in [2.05, 4.69) is 26.2 Å². The monoisotopic (exact) mass is 371 g/mol. The van der Waals surface area contributed by atoms with E-state index in [0.29, 0.717) is 5.56 Å². The molecule has 1 fully saturated rings. The molecule has 128 valence electrons. The Bertz CT molecular complexity index is 807. The molecule has 1 saturated heterocycles. The molecule has 2 aromatic rings. The zero-order valence-electron chi connectivity index (χ0n) is 13.9. The summed E-state index contributed by atoms with van der Waals surface area (Å²) in [6.07, 6.45) is 1.61. The van der Waals surface area contributed by atoms with Crippen LogP contribution in [-0.4, -0.2) is 41.2 Å². The number of thiocarbonyl (C=S) groups is 1. The first-order valence-electron chi connectivity index (χ1n) is 8.00. The van der Waals surface area contributed by atoms with E-state index < -0.39 is 0 Å². The number of rotatable bonds is 2. The number of hydrogen-bond donors (Lipinski definition) is 1. The van der Waals surface area contributed by atoms with Crippen LogP contribution in [-0.2, 0) is 0 Å². The van der Waals surface area contributed by atoms with E-state index in [9.17, 15) is 0 Å². The lowest BCUT2D eigenvalue weighted by Crippen LogP contribution is -2.50. The van der Waals surface area contributed by atoms with Crippen LogP contribution in [0.25, 0.3) is 0 Å². The number of halogens is 1. The van der Waals surface area contributed by atoms with Crippen molar-refractivity contribution in [3.63, 3.8) is 0 Å². The minimum Gasteiger partial charge on any atom is -0.353 e. The zero-order chi connectivity index (χ0) is 17.8. The van der Waals surface area contributed by atoms with Gasteiger partial charge in [-0.1, -0.05) is 11.6 Å². The summed E-state index contributed by atoms with van der Waals surface area (Å²) >= 11 is 11.5. The van der Waals surface area contributed by atoms with Crippen molar-refractivity contribution in [1.29, 1.82) is 5.26 Å². The van der Waals surface area contributed by atoms with Crippen molar-refractivity contribution >= 4 is 40.4 Å². The SMILES string of the molecule is Cc1cc(Cl)ccc1NC(=S)N1CCN(c2ccc(C#N)cn2)CC1. The second-order valence-corrected chi connectivity index (χ2v) is 6.70. The number of nitrogens with one attached hydrogen (secondary N) is 1. The Labute approximate surface area is 157 Å². The Kier molecular flexibility index (Phi) is 5.37. The Morgan fingerprint density at radius 3 is 2.60 bits per heavy atom. The van der Waals surface area contributed by atoms with Gasteiger partial charge in [0.15, 0.2) is 5.11 Å². The maximum absolute atomic E-state index is 8.85. The van der Waals surface area contributed by atoms with Crippen molar-refractivity contribution in [3.05, 3.63) is 52.7 Å². The second-order valence-electron chi connectivity index (χ2n) is 5.88. The van der Waals surface area contributed by atoms with Crippen LogP contribution in [0.1, 0.15) is 11.1 Å². The Hall–Kier alpha value is -2.36. The van der Waals surface area contributed by atoms with Crippen LogP contribution in [0.5, 0.6) is 0 Å². The molecule has 1 aromatic heterocycles. The van der Waals surface area contributed by atoms with Gasteiger partial charge >= 0.3 is 0 Å². The van der Waals surface area contributed by atoms with E-state index in [-0.39, 0.29) is 0 Å². The molecule has 25 heavy (non-hydrogen) atoms. The standard InChI is InChI=1S/C18H18ClN5S/c1-13-10-15(19)3-4-16(13)22-18(25)24-8-6-23(7-9-24)17-5-2-14(11-20)12-21-17/h2-5,10,12H,6-9H2,1H3,(H,22,25). The molecule has 5 nitrogen and oxygen atoms in total. The lowest BCUT2D eigenvalue weighted by atomic mass is 10.2. The van der Waals surface area contributed by atoms with Gasteiger partial charge in [0.2, 0.25) is 0 Å². The van der Waals surface area contributed by atoms with E-state index in [1.54, 1.807) is 12.3 Å². The van der Waals surface area contributed by atoms with Crippen LogP contribution in [0.3, 0.4) is 0 Å². The largest absolute Gasteiger partial charge is 0.353 e. The van der Waals surface area contributed by atoms with Gasteiger partial charge in [0.1, 0.15) is 11.9 Å². The first-order valence-corrected chi connectivity index (χ1v) is 8.78. The fourth-order valence-electron chi connectivity index (χ4n) is 2.74. The zero-order valence-corrected chi connectivity index (χ0v) is 15.4. The first-order chi connectivity index (χ1) is 12.1. The molecule has 0 saturated carbocycles. The summed E-state index contributed by atoms with van der Waals surface area (Å²) in [5.74, 6) is 0.895. The molecule has 7 heteroatoms. The first kappa shape index (κ1) is 17.5. The number of aryl methyl sites for hydroxylation is 1. The lowest BCUT2D eigenvalue weighted by molar-refractivity contribution is 0.389. The molecule has 2 heterocycles. The van der Waals surface area contributed by atoms with Crippen LogP contribution in [0.15, 0.2) is 36.5 Å². The molecule has 0 amide bonds. The van der Waals surface area contributed by atoms with Crippen LogP contribution in [0.4, 0.5) is 11.5 Å². The summed E-state index contributed by atoms with van der Waals surface area (Å²) < 4.78 is 0. The molecule has 0 atom stereocenters. The number of pyridine rings is 1. The Morgan fingerprint density at radius 1 is 1.24 bits per heavy atom. The van der Waals surface area contributed by atoms with Gasteiger partial charge in [-0.2, -0.15) is 5.26 Å². The van der Waals surface area contributed by atoms with Crippen molar-refractivity contribution in [1.82, 2.24) is 9.88 Å². The molecule has 0 aliphatic carbocycles. The molecule has 1 aromatic carbocycles. The quantitative estimate of drug-likeness (QED) is 0.816. The van der Waals surface area contributed by atoms with E-state index in [1.807, 2.05) is 31.2 Å². The third-order valence-corrected chi connectivity index (χ3v) is 4.79. The van der Waals surface area contributed by atoms with Crippen molar-refractivity contribution in [3.8, 4) is 6.07 Å². The molecule has 3 rings (SSSR count). The highest BCUT2D eigenvalue weighted by Crippen LogP contribution is 2.20. The van der Waals surface area contributed by atoms with Crippen LogP contribution < -0.4 is 10.2 Å². The molecule has 1 N–H and O–H groups in total. The minimum atomic E-state index is 0.575. The van der Waals surface area contributed by atoms with Gasteiger partial charge in [0, 0.05) is 43.1 Å². The van der Waals surface area contributed by atoms with Gasteiger partial charge in [0.25, 0.3) is 0 Å². The van der Waals surface area contributed by atoms with Gasteiger partial charge in [-0.05, 0) is 55.0 Å². The summed E-state index contributed by atoms with van der Waals surface area (Å²) in [7, 11) is 0. The van der Waals surface area contributed by atoms with Crippen LogP contribution in [0, 0.1) is 18.3 Å². The lowest BCUT2D eigenvalue weighted by Gasteiger charge is -2.36. The molecule has 1 aliphatic rings. The predicted octanol–water partition coefficient (Wildman–Crippen LogP) is 3.43. The predicted molar refractivity (Wildman–Crippen MR) is 105 cm³/mol. The highest BCUT2D eigenvalue weighted by Gasteiger charge is 2.20. The molecule has 0 unspecified atom stereocenters. The normalized spacial score (nSPS) is 14.1. The van der Waals surface area contributed by atoms with Crippen molar-refractivity contribution in [2.75, 3.05) is 36.4 Å². The van der Waals surface area contributed by atoms with Crippen molar-refractivity contribution in [2.24, 2.45) is 0 Å². The fraction of sp³-hybridized carbons (Fsp3) is 0.278. The molecule has 0 bridgehead atoms. The van der Waals surface area contributed by atoms with Crippen LogP contribution >= 0.6 is 23.8 Å².